The first kappa shape index (κ1) is 11.9. The van der Waals surface area contributed by atoms with Crippen LogP contribution in [-0.2, 0) is 4.79 Å². The van der Waals surface area contributed by atoms with Gasteiger partial charge in [-0.2, -0.15) is 0 Å². The Kier molecular flexibility index (Phi) is 3.22. The molecule has 0 aromatic carbocycles. The molecular formula is C12H23N3O. The number of likely N-dealkylation sites (tertiary alicyclic amines) is 1. The highest BCUT2D eigenvalue weighted by molar-refractivity contribution is 5.89. The lowest BCUT2D eigenvalue weighted by Gasteiger charge is -2.34. The molecule has 0 unspecified atom stereocenters. The maximum atomic E-state index is 12.0. The average molecular weight is 225 g/mol. The summed E-state index contributed by atoms with van der Waals surface area (Å²) in [5.74, 6) is 0.933. The monoisotopic (exact) mass is 225 g/mol. The zero-order chi connectivity index (χ0) is 11.8. The Bertz CT molecular complexity index is 265. The molecule has 0 aromatic rings. The molecule has 4 heteroatoms. The van der Waals surface area contributed by atoms with Gasteiger partial charge in [-0.3, -0.25) is 4.79 Å². The summed E-state index contributed by atoms with van der Waals surface area (Å²) in [6.45, 7) is 2.93. The van der Waals surface area contributed by atoms with Crippen molar-refractivity contribution in [2.75, 3.05) is 33.7 Å². The molecular weight excluding hydrogens is 202 g/mol. The number of rotatable bonds is 3. The zero-order valence-corrected chi connectivity index (χ0v) is 10.4. The molecule has 1 aliphatic carbocycles. The molecule has 1 saturated carbocycles. The molecule has 1 saturated heterocycles. The summed E-state index contributed by atoms with van der Waals surface area (Å²) in [5.41, 5.74) is 5.46. The molecule has 16 heavy (non-hydrogen) atoms. The van der Waals surface area contributed by atoms with Crippen LogP contribution in [0.4, 0.5) is 0 Å². The SMILES string of the molecule is CN(C)CC1CCN(C(=O)C2(N)CC2)CC1. The molecule has 2 rings (SSSR count). The quantitative estimate of drug-likeness (QED) is 0.750. The largest absolute Gasteiger partial charge is 0.341 e. The van der Waals surface area contributed by atoms with Gasteiger partial charge in [-0.1, -0.05) is 0 Å². The van der Waals surface area contributed by atoms with Crippen LogP contribution in [0.1, 0.15) is 25.7 Å². The minimum atomic E-state index is -0.478. The highest BCUT2D eigenvalue weighted by Gasteiger charge is 2.48. The van der Waals surface area contributed by atoms with E-state index in [1.54, 1.807) is 0 Å². The van der Waals surface area contributed by atoms with Crippen LogP contribution in [0.2, 0.25) is 0 Å². The van der Waals surface area contributed by atoms with Crippen LogP contribution in [0, 0.1) is 5.92 Å². The Morgan fingerprint density at radius 2 is 1.94 bits per heavy atom. The topological polar surface area (TPSA) is 49.6 Å². The summed E-state index contributed by atoms with van der Waals surface area (Å²) in [7, 11) is 4.22. The molecule has 4 nitrogen and oxygen atoms in total. The second kappa shape index (κ2) is 4.34. The predicted molar refractivity (Wildman–Crippen MR) is 64.0 cm³/mol. The van der Waals surface area contributed by atoms with Crippen LogP contribution < -0.4 is 5.73 Å². The van der Waals surface area contributed by atoms with E-state index >= 15 is 0 Å². The van der Waals surface area contributed by atoms with Gasteiger partial charge in [-0.15, -0.1) is 0 Å². The molecule has 0 bridgehead atoms. The fraction of sp³-hybridized carbons (Fsp3) is 0.917. The Balaban J connectivity index is 1.79. The Morgan fingerprint density at radius 1 is 1.38 bits per heavy atom. The van der Waals surface area contributed by atoms with Crippen LogP contribution >= 0.6 is 0 Å². The highest BCUT2D eigenvalue weighted by atomic mass is 16.2. The van der Waals surface area contributed by atoms with Crippen LogP contribution in [0.25, 0.3) is 0 Å². The van der Waals surface area contributed by atoms with Gasteiger partial charge in [-0.25, -0.2) is 0 Å². The number of piperidine rings is 1. The number of carbonyl (C=O) groups excluding carboxylic acids is 1. The Labute approximate surface area is 97.8 Å². The van der Waals surface area contributed by atoms with Crippen molar-refractivity contribution in [1.82, 2.24) is 9.80 Å². The van der Waals surface area contributed by atoms with Crippen LogP contribution in [-0.4, -0.2) is 55.0 Å². The summed E-state index contributed by atoms with van der Waals surface area (Å²) in [6.07, 6.45) is 4.01. The predicted octanol–water partition coefficient (Wildman–Crippen LogP) is 0.278. The van der Waals surface area contributed by atoms with Gasteiger partial charge in [0.25, 0.3) is 0 Å². The molecule has 0 aromatic heterocycles. The van der Waals surface area contributed by atoms with E-state index in [-0.39, 0.29) is 5.91 Å². The molecule has 0 atom stereocenters. The lowest BCUT2D eigenvalue weighted by atomic mass is 9.96. The van der Waals surface area contributed by atoms with Crippen molar-refractivity contribution in [1.29, 1.82) is 0 Å². The van der Waals surface area contributed by atoms with Crippen molar-refractivity contribution in [3.63, 3.8) is 0 Å². The van der Waals surface area contributed by atoms with E-state index in [1.165, 1.54) is 0 Å². The van der Waals surface area contributed by atoms with E-state index in [2.05, 4.69) is 19.0 Å². The van der Waals surface area contributed by atoms with Crippen molar-refractivity contribution >= 4 is 5.91 Å². The minimum Gasteiger partial charge on any atom is -0.341 e. The maximum Gasteiger partial charge on any atom is 0.242 e. The third-order valence-corrected chi connectivity index (χ3v) is 3.74. The second-order valence-corrected chi connectivity index (χ2v) is 5.65. The molecule has 1 amide bonds. The molecule has 0 radical (unpaired) electrons. The smallest absolute Gasteiger partial charge is 0.242 e. The third kappa shape index (κ3) is 2.55. The Morgan fingerprint density at radius 3 is 2.38 bits per heavy atom. The van der Waals surface area contributed by atoms with Crippen LogP contribution in [0.15, 0.2) is 0 Å². The van der Waals surface area contributed by atoms with Gasteiger partial charge >= 0.3 is 0 Å². The summed E-state index contributed by atoms with van der Waals surface area (Å²) in [6, 6.07) is 0. The van der Waals surface area contributed by atoms with Gasteiger partial charge in [0.2, 0.25) is 5.91 Å². The number of amides is 1. The summed E-state index contributed by atoms with van der Waals surface area (Å²) in [5, 5.41) is 0. The fourth-order valence-corrected chi connectivity index (χ4v) is 2.50. The first-order chi connectivity index (χ1) is 7.51. The molecule has 92 valence electrons. The first-order valence-electron chi connectivity index (χ1n) is 6.24. The molecule has 0 spiro atoms. The van der Waals surface area contributed by atoms with Crippen molar-refractivity contribution < 1.29 is 4.79 Å². The average Bonchev–Trinajstić information content (AvgIpc) is 2.97. The van der Waals surface area contributed by atoms with Crippen molar-refractivity contribution in [3.8, 4) is 0 Å². The third-order valence-electron chi connectivity index (χ3n) is 3.74. The second-order valence-electron chi connectivity index (χ2n) is 5.65. The fourth-order valence-electron chi connectivity index (χ4n) is 2.50. The number of nitrogens with two attached hydrogens (primary N) is 1. The standard InChI is InChI=1S/C12H23N3O/c1-14(2)9-10-3-7-15(8-4-10)11(16)12(13)5-6-12/h10H,3-9,13H2,1-2H3. The molecule has 1 aliphatic heterocycles. The molecule has 2 N–H and O–H groups in total. The summed E-state index contributed by atoms with van der Waals surface area (Å²) >= 11 is 0. The van der Waals surface area contributed by atoms with Crippen molar-refractivity contribution in [3.05, 3.63) is 0 Å². The van der Waals surface area contributed by atoms with E-state index in [4.69, 9.17) is 5.73 Å². The van der Waals surface area contributed by atoms with Gasteiger partial charge in [0.05, 0.1) is 5.54 Å². The highest BCUT2D eigenvalue weighted by Crippen LogP contribution is 2.35. The van der Waals surface area contributed by atoms with E-state index in [0.29, 0.717) is 0 Å². The molecule has 2 fully saturated rings. The molecule has 1 heterocycles. The van der Waals surface area contributed by atoms with Gasteiger partial charge in [-0.05, 0) is 45.7 Å². The van der Waals surface area contributed by atoms with Gasteiger partial charge < -0.3 is 15.5 Å². The molecule has 2 aliphatic rings. The Hall–Kier alpha value is -0.610. The van der Waals surface area contributed by atoms with E-state index in [1.807, 2.05) is 4.90 Å². The number of carbonyl (C=O) groups is 1. The first-order valence-corrected chi connectivity index (χ1v) is 6.24. The van der Waals surface area contributed by atoms with Crippen LogP contribution in [0.5, 0.6) is 0 Å². The lowest BCUT2D eigenvalue weighted by Crippen LogP contribution is -2.49. The zero-order valence-electron chi connectivity index (χ0n) is 10.4. The van der Waals surface area contributed by atoms with Gasteiger partial charge in [0, 0.05) is 19.6 Å². The van der Waals surface area contributed by atoms with E-state index < -0.39 is 5.54 Å². The van der Waals surface area contributed by atoms with Crippen molar-refractivity contribution in [2.24, 2.45) is 11.7 Å². The number of hydrogen-bond acceptors (Lipinski definition) is 3. The summed E-state index contributed by atoms with van der Waals surface area (Å²) < 4.78 is 0. The van der Waals surface area contributed by atoms with E-state index in [0.717, 1.165) is 51.2 Å². The van der Waals surface area contributed by atoms with Crippen LogP contribution in [0.3, 0.4) is 0 Å². The van der Waals surface area contributed by atoms with Gasteiger partial charge in [0.1, 0.15) is 0 Å². The van der Waals surface area contributed by atoms with E-state index in [9.17, 15) is 4.79 Å². The summed E-state index contributed by atoms with van der Waals surface area (Å²) in [4.78, 5) is 16.2. The number of nitrogens with zero attached hydrogens (tertiary/aromatic N) is 2. The lowest BCUT2D eigenvalue weighted by molar-refractivity contribution is -0.135. The number of hydrogen-bond donors (Lipinski definition) is 1. The minimum absolute atomic E-state index is 0.191. The normalized spacial score (nSPS) is 24.9. The van der Waals surface area contributed by atoms with Gasteiger partial charge in [0.15, 0.2) is 0 Å². The van der Waals surface area contributed by atoms with Crippen molar-refractivity contribution in [2.45, 2.75) is 31.2 Å². The maximum absolute atomic E-state index is 12.0.